The summed E-state index contributed by atoms with van der Waals surface area (Å²) >= 11 is 0. The van der Waals surface area contributed by atoms with Gasteiger partial charge in [0.25, 0.3) is 11.8 Å². The molecule has 3 heterocycles. The molecular weight excluding hydrogens is 354 g/mol. The van der Waals surface area contributed by atoms with Crippen LogP contribution in [0.4, 0.5) is 0 Å². The summed E-state index contributed by atoms with van der Waals surface area (Å²) in [6.07, 6.45) is 6.94. The van der Waals surface area contributed by atoms with Crippen molar-refractivity contribution in [3.05, 3.63) is 47.3 Å². The Morgan fingerprint density at radius 2 is 1.89 bits per heavy atom. The first kappa shape index (κ1) is 18.7. The van der Waals surface area contributed by atoms with Crippen LogP contribution in [0.3, 0.4) is 0 Å². The second-order valence-corrected chi connectivity index (χ2v) is 7.84. The highest BCUT2D eigenvalue weighted by atomic mass is 16.2. The summed E-state index contributed by atoms with van der Waals surface area (Å²) in [6, 6.07) is 7.80. The number of aryl methyl sites for hydroxylation is 1. The predicted molar refractivity (Wildman–Crippen MR) is 105 cm³/mol. The first-order valence-electron chi connectivity index (χ1n) is 10.2. The minimum Gasteiger partial charge on any atom is -0.337 e. The van der Waals surface area contributed by atoms with E-state index in [4.69, 9.17) is 0 Å². The molecule has 0 aliphatic carbocycles. The van der Waals surface area contributed by atoms with Crippen molar-refractivity contribution < 1.29 is 9.59 Å². The van der Waals surface area contributed by atoms with Crippen molar-refractivity contribution >= 4 is 11.8 Å². The maximum atomic E-state index is 12.9. The summed E-state index contributed by atoms with van der Waals surface area (Å²) in [5, 5.41) is 8.25. The third-order valence-corrected chi connectivity index (χ3v) is 5.70. The standard InChI is InChI=1S/C21H27N5O2/c1-16-7-5-8-17(13-16)20(27)26-12-6-9-18(26)14-25-15-19(22-23-25)21(28)24-10-3-2-4-11-24/h5,7-8,13,15,18H,2-4,6,9-12,14H2,1H3/t18-/m0/s1. The Morgan fingerprint density at radius 1 is 1.07 bits per heavy atom. The zero-order chi connectivity index (χ0) is 19.5. The van der Waals surface area contributed by atoms with Gasteiger partial charge in [-0.25, -0.2) is 4.68 Å². The molecule has 0 spiro atoms. The lowest BCUT2D eigenvalue weighted by Gasteiger charge is -2.25. The summed E-state index contributed by atoms with van der Waals surface area (Å²) in [5.74, 6) is 0.0287. The van der Waals surface area contributed by atoms with Gasteiger partial charge in [0.2, 0.25) is 0 Å². The highest BCUT2D eigenvalue weighted by molar-refractivity contribution is 5.94. The number of benzene rings is 1. The minimum absolute atomic E-state index is 0.0370. The van der Waals surface area contributed by atoms with E-state index in [1.54, 1.807) is 10.9 Å². The monoisotopic (exact) mass is 381 g/mol. The Balaban J connectivity index is 1.43. The molecule has 0 N–H and O–H groups in total. The summed E-state index contributed by atoms with van der Waals surface area (Å²) in [7, 11) is 0. The van der Waals surface area contributed by atoms with Crippen molar-refractivity contribution in [3.63, 3.8) is 0 Å². The molecule has 2 aromatic rings. The van der Waals surface area contributed by atoms with Crippen LogP contribution in [0.25, 0.3) is 0 Å². The number of hydrogen-bond donors (Lipinski definition) is 0. The summed E-state index contributed by atoms with van der Waals surface area (Å²) < 4.78 is 1.71. The van der Waals surface area contributed by atoms with Crippen LogP contribution >= 0.6 is 0 Å². The molecule has 0 radical (unpaired) electrons. The van der Waals surface area contributed by atoms with E-state index in [1.165, 1.54) is 6.42 Å². The van der Waals surface area contributed by atoms with Gasteiger partial charge in [0, 0.05) is 25.2 Å². The van der Waals surface area contributed by atoms with Crippen LogP contribution in [0.2, 0.25) is 0 Å². The van der Waals surface area contributed by atoms with E-state index in [1.807, 2.05) is 41.0 Å². The van der Waals surface area contributed by atoms with Crippen molar-refractivity contribution in [2.75, 3.05) is 19.6 Å². The summed E-state index contributed by atoms with van der Waals surface area (Å²) in [5.41, 5.74) is 2.21. The van der Waals surface area contributed by atoms with Gasteiger partial charge in [-0.2, -0.15) is 0 Å². The van der Waals surface area contributed by atoms with E-state index in [-0.39, 0.29) is 17.9 Å². The number of amides is 2. The third-order valence-electron chi connectivity index (χ3n) is 5.70. The van der Waals surface area contributed by atoms with E-state index >= 15 is 0 Å². The fourth-order valence-corrected chi connectivity index (χ4v) is 4.20. The lowest BCUT2D eigenvalue weighted by molar-refractivity contribution is 0.0710. The molecule has 1 aromatic heterocycles. The third kappa shape index (κ3) is 3.93. The molecule has 7 heteroatoms. The number of likely N-dealkylation sites (tertiary alicyclic amines) is 2. The van der Waals surface area contributed by atoms with Gasteiger partial charge in [-0.05, 0) is 51.2 Å². The maximum Gasteiger partial charge on any atom is 0.276 e. The van der Waals surface area contributed by atoms with Crippen LogP contribution in [0.5, 0.6) is 0 Å². The highest BCUT2D eigenvalue weighted by Crippen LogP contribution is 2.22. The van der Waals surface area contributed by atoms with Gasteiger partial charge < -0.3 is 9.80 Å². The van der Waals surface area contributed by atoms with Gasteiger partial charge in [-0.1, -0.05) is 22.9 Å². The molecule has 1 aromatic carbocycles. The first-order valence-corrected chi connectivity index (χ1v) is 10.2. The van der Waals surface area contributed by atoms with Gasteiger partial charge in [-0.15, -0.1) is 5.10 Å². The van der Waals surface area contributed by atoms with E-state index in [0.29, 0.717) is 12.2 Å². The van der Waals surface area contributed by atoms with Crippen LogP contribution in [0, 0.1) is 6.92 Å². The average Bonchev–Trinajstić information content (AvgIpc) is 3.37. The van der Waals surface area contributed by atoms with E-state index in [9.17, 15) is 9.59 Å². The molecule has 4 rings (SSSR count). The molecule has 7 nitrogen and oxygen atoms in total. The minimum atomic E-state index is -0.0370. The molecule has 0 unspecified atom stereocenters. The van der Waals surface area contributed by atoms with Crippen molar-refractivity contribution in [1.29, 1.82) is 0 Å². The smallest absolute Gasteiger partial charge is 0.276 e. The zero-order valence-corrected chi connectivity index (χ0v) is 16.4. The fourth-order valence-electron chi connectivity index (χ4n) is 4.20. The van der Waals surface area contributed by atoms with Gasteiger partial charge >= 0.3 is 0 Å². The maximum absolute atomic E-state index is 12.9. The molecule has 2 fully saturated rings. The zero-order valence-electron chi connectivity index (χ0n) is 16.4. The largest absolute Gasteiger partial charge is 0.337 e. The van der Waals surface area contributed by atoms with Crippen molar-refractivity contribution in [2.45, 2.75) is 51.6 Å². The number of carbonyl (C=O) groups is 2. The molecule has 28 heavy (non-hydrogen) atoms. The Morgan fingerprint density at radius 3 is 2.68 bits per heavy atom. The van der Waals surface area contributed by atoms with Crippen LogP contribution in [-0.4, -0.2) is 62.3 Å². The lowest BCUT2D eigenvalue weighted by Crippen LogP contribution is -2.38. The number of aromatic nitrogens is 3. The summed E-state index contributed by atoms with van der Waals surface area (Å²) in [4.78, 5) is 29.3. The predicted octanol–water partition coefficient (Wildman–Crippen LogP) is 2.52. The van der Waals surface area contributed by atoms with Crippen LogP contribution in [-0.2, 0) is 6.54 Å². The quantitative estimate of drug-likeness (QED) is 0.816. The fraction of sp³-hybridized carbons (Fsp3) is 0.524. The van der Waals surface area contributed by atoms with E-state index < -0.39 is 0 Å². The topological polar surface area (TPSA) is 71.3 Å². The Hall–Kier alpha value is -2.70. The molecule has 2 saturated heterocycles. The molecule has 148 valence electrons. The van der Waals surface area contributed by atoms with Gasteiger partial charge in [0.15, 0.2) is 5.69 Å². The Kier molecular flexibility index (Phi) is 5.41. The number of rotatable bonds is 4. The van der Waals surface area contributed by atoms with Gasteiger partial charge in [0.05, 0.1) is 18.8 Å². The van der Waals surface area contributed by atoms with E-state index in [0.717, 1.165) is 56.4 Å². The first-order chi connectivity index (χ1) is 13.6. The van der Waals surface area contributed by atoms with Crippen LogP contribution < -0.4 is 0 Å². The molecule has 2 aliphatic rings. The van der Waals surface area contributed by atoms with E-state index in [2.05, 4.69) is 10.3 Å². The highest BCUT2D eigenvalue weighted by Gasteiger charge is 2.30. The van der Waals surface area contributed by atoms with Crippen molar-refractivity contribution in [1.82, 2.24) is 24.8 Å². The molecule has 0 saturated carbocycles. The normalized spacial score (nSPS) is 19.8. The lowest BCUT2D eigenvalue weighted by atomic mass is 10.1. The average molecular weight is 381 g/mol. The van der Waals surface area contributed by atoms with Crippen molar-refractivity contribution in [2.24, 2.45) is 0 Å². The second-order valence-electron chi connectivity index (χ2n) is 7.84. The number of nitrogens with zero attached hydrogens (tertiary/aromatic N) is 5. The Bertz CT molecular complexity index is 856. The molecule has 1 atom stereocenters. The number of carbonyl (C=O) groups excluding carboxylic acids is 2. The van der Waals surface area contributed by atoms with Crippen LogP contribution in [0.1, 0.15) is 58.5 Å². The Labute approximate surface area is 165 Å². The molecule has 0 bridgehead atoms. The van der Waals surface area contributed by atoms with Gasteiger partial charge in [0.1, 0.15) is 0 Å². The molecule has 2 amide bonds. The summed E-state index contributed by atoms with van der Waals surface area (Å²) in [6.45, 7) is 4.91. The number of piperidine rings is 1. The molecule has 2 aliphatic heterocycles. The SMILES string of the molecule is Cc1cccc(C(=O)N2CCC[C@H]2Cn2cc(C(=O)N3CCCCC3)nn2)c1. The van der Waals surface area contributed by atoms with Crippen molar-refractivity contribution in [3.8, 4) is 0 Å². The number of hydrogen-bond acceptors (Lipinski definition) is 4. The van der Waals surface area contributed by atoms with Gasteiger partial charge in [-0.3, -0.25) is 9.59 Å². The second kappa shape index (κ2) is 8.12. The molecular formula is C21H27N5O2. The van der Waals surface area contributed by atoms with Crippen LogP contribution in [0.15, 0.2) is 30.5 Å².